The molecule has 2 rings (SSSR count). The molecule has 0 aliphatic heterocycles. The molecular weight excluding hydrogens is 326 g/mol. The Morgan fingerprint density at radius 1 is 0.840 bits per heavy atom. The van der Waals surface area contributed by atoms with Gasteiger partial charge < -0.3 is 19.5 Å². The Morgan fingerprint density at radius 3 is 1.96 bits per heavy atom. The Hall–Kier alpha value is -3.35. The summed E-state index contributed by atoms with van der Waals surface area (Å²) in [5.74, 6) is -0.956. The highest BCUT2D eigenvalue weighted by Gasteiger charge is 2.11. The van der Waals surface area contributed by atoms with Crippen LogP contribution in [0, 0.1) is 0 Å². The van der Waals surface area contributed by atoms with Crippen molar-refractivity contribution in [1.29, 1.82) is 0 Å². The van der Waals surface area contributed by atoms with Crippen LogP contribution in [0.25, 0.3) is 0 Å². The van der Waals surface area contributed by atoms with E-state index in [1.807, 2.05) is 0 Å². The second-order valence-electron chi connectivity index (χ2n) is 4.92. The van der Waals surface area contributed by atoms with Crippen molar-refractivity contribution >= 4 is 23.5 Å². The second-order valence-corrected chi connectivity index (χ2v) is 4.92. The molecule has 1 N–H and O–H groups in total. The minimum atomic E-state index is -0.612. The SMILES string of the molecule is COC(=O)c1ccc(NC(=O)COC(=O)c2ccc(OC)cc2)cc1. The van der Waals surface area contributed by atoms with E-state index >= 15 is 0 Å². The standard InChI is InChI=1S/C18H17NO6/c1-23-15-9-5-13(6-10-15)18(22)25-11-16(20)19-14-7-3-12(4-8-14)17(21)24-2/h3-10H,11H2,1-2H3,(H,19,20). The van der Waals surface area contributed by atoms with Crippen molar-refractivity contribution in [3.05, 3.63) is 59.7 Å². The first-order valence-corrected chi connectivity index (χ1v) is 7.33. The van der Waals surface area contributed by atoms with E-state index in [-0.39, 0.29) is 0 Å². The summed E-state index contributed by atoms with van der Waals surface area (Å²) in [7, 11) is 2.81. The minimum Gasteiger partial charge on any atom is -0.497 e. The van der Waals surface area contributed by atoms with Crippen LogP contribution in [0.15, 0.2) is 48.5 Å². The molecule has 25 heavy (non-hydrogen) atoms. The average molecular weight is 343 g/mol. The summed E-state index contributed by atoms with van der Waals surface area (Å²) in [6.45, 7) is -0.427. The summed E-state index contributed by atoms with van der Waals surface area (Å²) in [5, 5.41) is 2.56. The summed E-state index contributed by atoms with van der Waals surface area (Å²) in [5.41, 5.74) is 1.15. The maximum absolute atomic E-state index is 11.9. The Morgan fingerprint density at radius 2 is 1.40 bits per heavy atom. The number of ether oxygens (including phenoxy) is 3. The smallest absolute Gasteiger partial charge is 0.338 e. The number of nitrogens with one attached hydrogen (secondary N) is 1. The van der Waals surface area contributed by atoms with Crippen molar-refractivity contribution in [2.45, 2.75) is 0 Å². The van der Waals surface area contributed by atoms with E-state index in [0.717, 1.165) is 0 Å². The number of carbonyl (C=O) groups is 3. The minimum absolute atomic E-state index is 0.316. The predicted octanol–water partition coefficient (Wildman–Crippen LogP) is 2.28. The van der Waals surface area contributed by atoms with Crippen LogP contribution in [0.4, 0.5) is 5.69 Å². The first-order valence-electron chi connectivity index (χ1n) is 7.33. The van der Waals surface area contributed by atoms with Crippen LogP contribution in [-0.2, 0) is 14.3 Å². The number of benzene rings is 2. The Labute approximate surface area is 144 Å². The molecule has 0 aliphatic carbocycles. The van der Waals surface area contributed by atoms with Crippen LogP contribution in [0.3, 0.4) is 0 Å². The molecule has 7 nitrogen and oxygen atoms in total. The topological polar surface area (TPSA) is 90.9 Å². The lowest BCUT2D eigenvalue weighted by Gasteiger charge is -2.07. The van der Waals surface area contributed by atoms with Gasteiger partial charge in [-0.2, -0.15) is 0 Å². The van der Waals surface area contributed by atoms with Gasteiger partial charge in [0.25, 0.3) is 5.91 Å². The molecule has 130 valence electrons. The lowest BCUT2D eigenvalue weighted by atomic mass is 10.2. The molecule has 7 heteroatoms. The molecule has 0 saturated heterocycles. The molecule has 0 radical (unpaired) electrons. The van der Waals surface area contributed by atoms with Gasteiger partial charge in [-0.15, -0.1) is 0 Å². The third kappa shape index (κ3) is 5.07. The molecule has 0 atom stereocenters. The lowest BCUT2D eigenvalue weighted by Crippen LogP contribution is -2.21. The van der Waals surface area contributed by atoms with Gasteiger partial charge in [0.05, 0.1) is 25.3 Å². The fourth-order valence-corrected chi connectivity index (χ4v) is 1.95. The molecule has 0 aliphatic rings. The maximum Gasteiger partial charge on any atom is 0.338 e. The van der Waals surface area contributed by atoms with Gasteiger partial charge in [0.1, 0.15) is 5.75 Å². The van der Waals surface area contributed by atoms with E-state index in [9.17, 15) is 14.4 Å². The summed E-state index contributed by atoms with van der Waals surface area (Å²) >= 11 is 0. The molecule has 0 spiro atoms. The number of carbonyl (C=O) groups excluding carboxylic acids is 3. The number of amides is 1. The molecule has 0 saturated carbocycles. The Kier molecular flexibility index (Phi) is 6.11. The first-order chi connectivity index (χ1) is 12.0. The van der Waals surface area contributed by atoms with E-state index < -0.39 is 24.5 Å². The lowest BCUT2D eigenvalue weighted by molar-refractivity contribution is -0.119. The monoisotopic (exact) mass is 343 g/mol. The molecule has 0 bridgehead atoms. The molecule has 0 unspecified atom stereocenters. The molecule has 1 amide bonds. The summed E-state index contributed by atoms with van der Waals surface area (Å²) in [6.07, 6.45) is 0. The first kappa shape index (κ1) is 18.0. The zero-order valence-electron chi connectivity index (χ0n) is 13.8. The van der Waals surface area contributed by atoms with Gasteiger partial charge in [-0.1, -0.05) is 0 Å². The van der Waals surface area contributed by atoms with Gasteiger partial charge in [0.15, 0.2) is 6.61 Å². The van der Waals surface area contributed by atoms with Crippen molar-refractivity contribution < 1.29 is 28.6 Å². The van der Waals surface area contributed by atoms with Crippen molar-refractivity contribution in [3.63, 3.8) is 0 Å². The summed E-state index contributed by atoms with van der Waals surface area (Å²) in [6, 6.07) is 12.5. The van der Waals surface area contributed by atoms with Crippen LogP contribution < -0.4 is 10.1 Å². The number of esters is 2. The average Bonchev–Trinajstić information content (AvgIpc) is 2.66. The number of hydrogen-bond acceptors (Lipinski definition) is 6. The molecule has 2 aromatic rings. The number of methoxy groups -OCH3 is 2. The van der Waals surface area contributed by atoms with Crippen LogP contribution in [0.2, 0.25) is 0 Å². The quantitative estimate of drug-likeness (QED) is 0.809. The van der Waals surface area contributed by atoms with Crippen LogP contribution >= 0.6 is 0 Å². The van der Waals surface area contributed by atoms with E-state index in [0.29, 0.717) is 22.6 Å². The molecule has 2 aromatic carbocycles. The molecule has 0 heterocycles. The number of hydrogen-bond donors (Lipinski definition) is 1. The van der Waals surface area contributed by atoms with Crippen molar-refractivity contribution in [3.8, 4) is 5.75 Å². The Bertz CT molecular complexity index is 752. The van der Waals surface area contributed by atoms with Crippen LogP contribution in [0.1, 0.15) is 20.7 Å². The van der Waals surface area contributed by atoms with Gasteiger partial charge in [-0.3, -0.25) is 4.79 Å². The second kappa shape index (κ2) is 8.49. The highest BCUT2D eigenvalue weighted by molar-refractivity contribution is 5.96. The highest BCUT2D eigenvalue weighted by atomic mass is 16.5. The van der Waals surface area contributed by atoms with Crippen molar-refractivity contribution in [2.75, 3.05) is 26.1 Å². The van der Waals surface area contributed by atoms with Crippen molar-refractivity contribution in [1.82, 2.24) is 0 Å². The van der Waals surface area contributed by atoms with Crippen LogP contribution in [-0.4, -0.2) is 38.7 Å². The highest BCUT2D eigenvalue weighted by Crippen LogP contribution is 2.13. The summed E-state index contributed by atoms with van der Waals surface area (Å²) in [4.78, 5) is 35.0. The number of anilines is 1. The third-order valence-electron chi connectivity index (χ3n) is 3.25. The predicted molar refractivity (Wildman–Crippen MR) is 89.7 cm³/mol. The zero-order valence-corrected chi connectivity index (χ0v) is 13.8. The van der Waals surface area contributed by atoms with E-state index in [1.165, 1.54) is 26.4 Å². The molecule has 0 aromatic heterocycles. The van der Waals surface area contributed by atoms with E-state index in [2.05, 4.69) is 10.1 Å². The molecule has 0 fully saturated rings. The third-order valence-corrected chi connectivity index (χ3v) is 3.25. The Balaban J connectivity index is 1.85. The zero-order chi connectivity index (χ0) is 18.2. The maximum atomic E-state index is 11.9. The fraction of sp³-hybridized carbons (Fsp3) is 0.167. The van der Waals surface area contributed by atoms with Gasteiger partial charge in [0, 0.05) is 5.69 Å². The fourth-order valence-electron chi connectivity index (χ4n) is 1.95. The largest absolute Gasteiger partial charge is 0.497 e. The van der Waals surface area contributed by atoms with Gasteiger partial charge in [-0.25, -0.2) is 9.59 Å². The van der Waals surface area contributed by atoms with Gasteiger partial charge >= 0.3 is 11.9 Å². The van der Waals surface area contributed by atoms with Crippen LogP contribution in [0.5, 0.6) is 5.75 Å². The summed E-state index contributed by atoms with van der Waals surface area (Å²) < 4.78 is 14.5. The van der Waals surface area contributed by atoms with E-state index in [4.69, 9.17) is 9.47 Å². The normalized spacial score (nSPS) is 9.84. The van der Waals surface area contributed by atoms with Gasteiger partial charge in [-0.05, 0) is 48.5 Å². The van der Waals surface area contributed by atoms with Gasteiger partial charge in [0.2, 0.25) is 0 Å². The van der Waals surface area contributed by atoms with E-state index in [1.54, 1.807) is 36.4 Å². The molecular formula is C18H17NO6. The number of rotatable bonds is 6. The van der Waals surface area contributed by atoms with Crippen molar-refractivity contribution in [2.24, 2.45) is 0 Å².